The summed E-state index contributed by atoms with van der Waals surface area (Å²) in [6.45, 7) is 3.78. The summed E-state index contributed by atoms with van der Waals surface area (Å²) in [4.78, 5) is 18.0. The molecular weight excluding hydrogens is 388 g/mol. The third kappa shape index (κ3) is 1.99. The molecule has 0 aliphatic rings. The highest BCUT2D eigenvalue weighted by molar-refractivity contribution is 9.10. The summed E-state index contributed by atoms with van der Waals surface area (Å²) < 4.78 is 2.63. The number of rotatable bonds is 1. The Kier molecular flexibility index (Phi) is 3.24. The number of pyridine rings is 1. The Morgan fingerprint density at radius 1 is 1.00 bits per heavy atom. The van der Waals surface area contributed by atoms with Gasteiger partial charge in [0.1, 0.15) is 5.65 Å². The fourth-order valence-electron chi connectivity index (χ4n) is 3.63. The van der Waals surface area contributed by atoms with Gasteiger partial charge in [-0.05, 0) is 40.3 Å². The van der Waals surface area contributed by atoms with Crippen molar-refractivity contribution in [2.24, 2.45) is 0 Å². The summed E-state index contributed by atoms with van der Waals surface area (Å²) in [5, 5.41) is 4.65. The van der Waals surface area contributed by atoms with Crippen LogP contribution in [0.1, 0.15) is 0 Å². The molecule has 5 rings (SSSR count). The Balaban J connectivity index is 2.07. The Morgan fingerprint density at radius 3 is 2.69 bits per heavy atom. The van der Waals surface area contributed by atoms with Gasteiger partial charge in [-0.15, -0.1) is 0 Å². The summed E-state index contributed by atoms with van der Waals surface area (Å²) >= 11 is 3.57. The van der Waals surface area contributed by atoms with Gasteiger partial charge in [-0.3, -0.25) is 9.20 Å². The first kappa shape index (κ1) is 15.3. The van der Waals surface area contributed by atoms with E-state index in [1.54, 1.807) is 10.5 Å². The number of fused-ring (bicyclic) bond motifs is 6. The van der Waals surface area contributed by atoms with Crippen molar-refractivity contribution in [1.29, 1.82) is 0 Å². The third-order valence-electron chi connectivity index (χ3n) is 4.80. The number of benzene rings is 3. The highest BCUT2D eigenvalue weighted by atomic mass is 79.9. The first-order valence-corrected chi connectivity index (χ1v) is 9.06. The highest BCUT2D eigenvalue weighted by Gasteiger charge is 2.13. The van der Waals surface area contributed by atoms with Gasteiger partial charge in [0.2, 0.25) is 0 Å². The molecule has 3 aromatic carbocycles. The lowest BCUT2D eigenvalue weighted by molar-refractivity contribution is 1.18. The summed E-state index contributed by atoms with van der Waals surface area (Å²) in [6.07, 6.45) is 3.63. The van der Waals surface area contributed by atoms with Crippen molar-refractivity contribution in [3.8, 4) is 0 Å². The molecule has 2 heterocycles. The predicted molar refractivity (Wildman–Crippen MR) is 112 cm³/mol. The van der Waals surface area contributed by atoms with Crippen molar-refractivity contribution < 1.29 is 0 Å². The van der Waals surface area contributed by atoms with Crippen LogP contribution in [0.15, 0.2) is 76.5 Å². The first-order valence-electron chi connectivity index (χ1n) is 8.27. The second-order valence-electron chi connectivity index (χ2n) is 6.23. The SMILES string of the molecule is C=C/C=c1/c(Br)ccc2c(=O)n3c(cc12)nc1c2ccccc2ccc13. The van der Waals surface area contributed by atoms with E-state index >= 15 is 0 Å². The molecule has 124 valence electrons. The van der Waals surface area contributed by atoms with Crippen LogP contribution in [-0.4, -0.2) is 9.38 Å². The van der Waals surface area contributed by atoms with Crippen LogP contribution < -0.4 is 10.8 Å². The maximum atomic E-state index is 13.2. The Hall–Kier alpha value is -2.98. The van der Waals surface area contributed by atoms with Crippen molar-refractivity contribution in [3.63, 3.8) is 0 Å². The minimum atomic E-state index is -0.0542. The number of hydrogen-bond acceptors (Lipinski definition) is 2. The van der Waals surface area contributed by atoms with Crippen LogP contribution in [0.25, 0.3) is 44.3 Å². The highest BCUT2D eigenvalue weighted by Crippen LogP contribution is 2.26. The van der Waals surface area contributed by atoms with Gasteiger partial charge in [-0.2, -0.15) is 0 Å². The van der Waals surface area contributed by atoms with Gasteiger partial charge >= 0.3 is 0 Å². The number of aromatic nitrogens is 2. The van der Waals surface area contributed by atoms with Gasteiger partial charge in [-0.1, -0.05) is 65.0 Å². The molecule has 0 radical (unpaired) electrons. The van der Waals surface area contributed by atoms with Crippen molar-refractivity contribution in [2.45, 2.75) is 0 Å². The molecule has 0 saturated heterocycles. The summed E-state index contributed by atoms with van der Waals surface area (Å²) in [7, 11) is 0. The molecule has 0 atom stereocenters. The fraction of sp³-hybridized carbons (Fsp3) is 0. The molecule has 0 bridgehead atoms. The molecule has 0 saturated carbocycles. The van der Waals surface area contributed by atoms with Crippen molar-refractivity contribution in [2.75, 3.05) is 0 Å². The van der Waals surface area contributed by atoms with E-state index in [-0.39, 0.29) is 5.56 Å². The smallest absolute Gasteiger partial charge is 0.264 e. The average molecular weight is 401 g/mol. The zero-order valence-electron chi connectivity index (χ0n) is 13.7. The van der Waals surface area contributed by atoms with Crippen LogP contribution in [0.2, 0.25) is 0 Å². The van der Waals surface area contributed by atoms with Crippen LogP contribution in [0, 0.1) is 0 Å². The van der Waals surface area contributed by atoms with E-state index in [4.69, 9.17) is 4.98 Å². The monoisotopic (exact) mass is 400 g/mol. The fourth-order valence-corrected chi connectivity index (χ4v) is 4.11. The van der Waals surface area contributed by atoms with E-state index in [2.05, 4.69) is 28.6 Å². The maximum Gasteiger partial charge on any atom is 0.264 e. The standard InChI is InChI=1S/C22H13BrN2O/c1-2-5-15-17-12-20-24-21-14-7-4-3-6-13(14)8-11-19(21)25(20)22(26)16(17)9-10-18(15)23/h2-12H,1H2/b15-5+. The lowest BCUT2D eigenvalue weighted by Crippen LogP contribution is -2.16. The van der Waals surface area contributed by atoms with Crippen LogP contribution in [0.5, 0.6) is 0 Å². The summed E-state index contributed by atoms with van der Waals surface area (Å²) in [6, 6.07) is 17.8. The molecule has 2 aromatic heterocycles. The minimum Gasteiger partial charge on any atom is -0.268 e. The van der Waals surface area contributed by atoms with Crippen LogP contribution in [-0.2, 0) is 0 Å². The van der Waals surface area contributed by atoms with Gasteiger partial charge in [0.15, 0.2) is 0 Å². The van der Waals surface area contributed by atoms with E-state index < -0.39 is 0 Å². The normalized spacial score (nSPS) is 12.6. The van der Waals surface area contributed by atoms with Crippen molar-refractivity contribution in [1.82, 2.24) is 9.38 Å². The molecule has 0 aliphatic carbocycles. The van der Waals surface area contributed by atoms with E-state index in [1.807, 2.05) is 54.6 Å². The molecule has 0 aliphatic heterocycles. The quantitative estimate of drug-likeness (QED) is 0.412. The summed E-state index contributed by atoms with van der Waals surface area (Å²) in [5.74, 6) is 0. The zero-order valence-corrected chi connectivity index (χ0v) is 15.3. The number of hydrogen-bond donors (Lipinski definition) is 0. The number of imidazole rings is 1. The molecule has 0 spiro atoms. The average Bonchev–Trinajstić information content (AvgIpc) is 3.03. The van der Waals surface area contributed by atoms with E-state index in [9.17, 15) is 4.79 Å². The molecule has 4 heteroatoms. The number of nitrogens with zero attached hydrogens (tertiary/aromatic N) is 2. The van der Waals surface area contributed by atoms with Gasteiger partial charge in [0.25, 0.3) is 5.56 Å². The molecule has 0 N–H and O–H groups in total. The van der Waals surface area contributed by atoms with Gasteiger partial charge in [0.05, 0.1) is 11.0 Å². The zero-order chi connectivity index (χ0) is 17.8. The second-order valence-corrected chi connectivity index (χ2v) is 7.09. The second kappa shape index (κ2) is 5.51. The molecule has 0 unspecified atom stereocenters. The Bertz CT molecular complexity index is 1480. The number of allylic oxidation sites excluding steroid dienone is 1. The third-order valence-corrected chi connectivity index (χ3v) is 5.49. The number of halogens is 1. The molecule has 0 fully saturated rings. The lowest BCUT2D eigenvalue weighted by atomic mass is 10.1. The van der Waals surface area contributed by atoms with Crippen LogP contribution in [0.4, 0.5) is 0 Å². The van der Waals surface area contributed by atoms with E-state index in [1.165, 1.54) is 0 Å². The first-order chi connectivity index (χ1) is 12.7. The molecule has 26 heavy (non-hydrogen) atoms. The Morgan fingerprint density at radius 2 is 1.85 bits per heavy atom. The largest absolute Gasteiger partial charge is 0.268 e. The molecule has 3 nitrogen and oxygen atoms in total. The van der Waals surface area contributed by atoms with Crippen molar-refractivity contribution in [3.05, 3.63) is 87.3 Å². The topological polar surface area (TPSA) is 34.4 Å². The Labute approximate surface area is 157 Å². The van der Waals surface area contributed by atoms with Gasteiger partial charge in [0, 0.05) is 15.2 Å². The van der Waals surface area contributed by atoms with Crippen LogP contribution >= 0.6 is 15.9 Å². The molecular formula is C22H13BrN2O. The lowest BCUT2D eigenvalue weighted by Gasteiger charge is -2.03. The summed E-state index contributed by atoms with van der Waals surface area (Å²) in [5.41, 5.74) is 2.29. The van der Waals surface area contributed by atoms with Crippen molar-refractivity contribution >= 4 is 60.2 Å². The van der Waals surface area contributed by atoms with E-state index in [0.29, 0.717) is 11.0 Å². The van der Waals surface area contributed by atoms with E-state index in [0.717, 1.165) is 36.9 Å². The molecule has 0 amide bonds. The maximum absolute atomic E-state index is 13.2. The van der Waals surface area contributed by atoms with Crippen LogP contribution in [0.3, 0.4) is 0 Å². The van der Waals surface area contributed by atoms with Gasteiger partial charge in [-0.25, -0.2) is 4.98 Å². The van der Waals surface area contributed by atoms with Gasteiger partial charge < -0.3 is 0 Å². The predicted octanol–water partition coefficient (Wildman–Crippen LogP) is 4.60. The molecule has 5 aromatic rings. The minimum absolute atomic E-state index is 0.0542.